The topological polar surface area (TPSA) is 91.0 Å². The van der Waals surface area contributed by atoms with Crippen molar-refractivity contribution in [2.45, 2.75) is 6.42 Å². The van der Waals surface area contributed by atoms with E-state index in [-0.39, 0.29) is 24.2 Å². The minimum absolute atomic E-state index is 0.114. The van der Waals surface area contributed by atoms with Gasteiger partial charge >= 0.3 is 0 Å². The summed E-state index contributed by atoms with van der Waals surface area (Å²) in [5, 5.41) is 10.1. The van der Waals surface area contributed by atoms with E-state index >= 15 is 0 Å². The van der Waals surface area contributed by atoms with Crippen LogP contribution in [0.5, 0.6) is 0 Å². The second kappa shape index (κ2) is 7.20. The Labute approximate surface area is 160 Å². The van der Waals surface area contributed by atoms with Crippen molar-refractivity contribution in [1.29, 1.82) is 0 Å². The predicted octanol–water partition coefficient (Wildman–Crippen LogP) is 3.12. The Morgan fingerprint density at radius 3 is 2.78 bits per heavy atom. The molecule has 1 atom stereocenters. The summed E-state index contributed by atoms with van der Waals surface area (Å²) < 4.78 is 0. The summed E-state index contributed by atoms with van der Waals surface area (Å²) in [7, 11) is 0. The van der Waals surface area contributed by atoms with Crippen LogP contribution in [0, 0.1) is 5.92 Å². The third-order valence-corrected chi connectivity index (χ3v) is 4.62. The summed E-state index contributed by atoms with van der Waals surface area (Å²) in [6.45, 7) is 0.293. The van der Waals surface area contributed by atoms with E-state index in [1.165, 1.54) is 0 Å². The molecule has 2 heterocycles. The Balaban J connectivity index is 1.44. The first-order valence-corrected chi connectivity index (χ1v) is 8.82. The molecular formula is C19H16ClN5O2. The summed E-state index contributed by atoms with van der Waals surface area (Å²) >= 11 is 5.99. The van der Waals surface area contributed by atoms with Crippen LogP contribution in [0.25, 0.3) is 11.4 Å². The van der Waals surface area contributed by atoms with Crippen LogP contribution in [0.1, 0.15) is 6.42 Å². The third kappa shape index (κ3) is 3.68. The van der Waals surface area contributed by atoms with E-state index in [1.54, 1.807) is 29.2 Å². The number of H-pyrrole nitrogens is 1. The summed E-state index contributed by atoms with van der Waals surface area (Å²) in [5.74, 6) is -0.125. The van der Waals surface area contributed by atoms with Crippen LogP contribution in [0.15, 0.2) is 54.6 Å². The Bertz CT molecular complexity index is 989. The second-order valence-corrected chi connectivity index (χ2v) is 6.68. The monoisotopic (exact) mass is 381 g/mol. The molecule has 0 bridgehead atoms. The van der Waals surface area contributed by atoms with Gasteiger partial charge in [0, 0.05) is 29.2 Å². The minimum atomic E-state index is -0.477. The van der Waals surface area contributed by atoms with Crippen molar-refractivity contribution in [3.8, 4) is 11.4 Å². The fourth-order valence-corrected chi connectivity index (χ4v) is 3.22. The molecule has 7 nitrogen and oxygen atoms in total. The number of hydrogen-bond donors (Lipinski definition) is 2. The predicted molar refractivity (Wildman–Crippen MR) is 102 cm³/mol. The molecule has 1 aliphatic heterocycles. The van der Waals surface area contributed by atoms with E-state index in [4.69, 9.17) is 11.6 Å². The smallest absolute Gasteiger partial charge is 0.249 e. The van der Waals surface area contributed by atoms with Gasteiger partial charge in [-0.1, -0.05) is 48.0 Å². The van der Waals surface area contributed by atoms with Crippen molar-refractivity contribution in [2.24, 2.45) is 5.92 Å². The highest BCUT2D eigenvalue weighted by Gasteiger charge is 2.35. The molecule has 27 heavy (non-hydrogen) atoms. The minimum Gasteiger partial charge on any atom is -0.312 e. The zero-order valence-corrected chi connectivity index (χ0v) is 15.0. The van der Waals surface area contributed by atoms with Crippen molar-refractivity contribution in [1.82, 2.24) is 15.2 Å². The zero-order valence-electron chi connectivity index (χ0n) is 14.2. The lowest BCUT2D eigenvalue weighted by atomic mass is 10.1. The van der Waals surface area contributed by atoms with E-state index in [0.29, 0.717) is 23.1 Å². The first kappa shape index (κ1) is 17.2. The van der Waals surface area contributed by atoms with E-state index in [0.717, 1.165) is 5.56 Å². The van der Waals surface area contributed by atoms with Gasteiger partial charge in [-0.25, -0.2) is 0 Å². The number of rotatable bonds is 4. The van der Waals surface area contributed by atoms with Crippen LogP contribution in [-0.4, -0.2) is 33.5 Å². The molecule has 8 heteroatoms. The molecule has 2 amide bonds. The highest BCUT2D eigenvalue weighted by Crippen LogP contribution is 2.27. The fourth-order valence-electron chi connectivity index (χ4n) is 3.03. The molecule has 1 fully saturated rings. The van der Waals surface area contributed by atoms with Gasteiger partial charge in [0.15, 0.2) is 5.82 Å². The van der Waals surface area contributed by atoms with Gasteiger partial charge in [0.25, 0.3) is 0 Å². The van der Waals surface area contributed by atoms with E-state index < -0.39 is 5.92 Å². The Morgan fingerprint density at radius 1 is 1.19 bits per heavy atom. The van der Waals surface area contributed by atoms with Crippen LogP contribution in [0.2, 0.25) is 5.02 Å². The molecule has 136 valence electrons. The normalized spacial score (nSPS) is 16.6. The van der Waals surface area contributed by atoms with Crippen molar-refractivity contribution >= 4 is 35.1 Å². The average Bonchev–Trinajstić information content (AvgIpc) is 3.29. The number of nitrogens with one attached hydrogen (secondary N) is 2. The number of anilines is 2. The number of amides is 2. The lowest BCUT2D eigenvalue weighted by Crippen LogP contribution is -2.28. The lowest BCUT2D eigenvalue weighted by molar-refractivity contribution is -0.122. The molecule has 0 spiro atoms. The summed E-state index contributed by atoms with van der Waals surface area (Å²) in [6.07, 6.45) is 0.133. The zero-order chi connectivity index (χ0) is 18.8. The Hall–Kier alpha value is -3.19. The fraction of sp³-hybridized carbons (Fsp3) is 0.158. The maximum Gasteiger partial charge on any atom is 0.249 e. The summed E-state index contributed by atoms with van der Waals surface area (Å²) in [4.78, 5) is 30.7. The first-order valence-electron chi connectivity index (χ1n) is 8.45. The molecule has 0 radical (unpaired) electrons. The first-order chi connectivity index (χ1) is 13.1. The van der Waals surface area contributed by atoms with Crippen molar-refractivity contribution in [3.63, 3.8) is 0 Å². The maximum atomic E-state index is 12.5. The lowest BCUT2D eigenvalue weighted by Gasteiger charge is -2.16. The van der Waals surface area contributed by atoms with Gasteiger partial charge in [-0.15, -0.1) is 5.10 Å². The van der Waals surface area contributed by atoms with Crippen LogP contribution in [-0.2, 0) is 9.59 Å². The van der Waals surface area contributed by atoms with Gasteiger partial charge in [-0.3, -0.25) is 20.0 Å². The molecular weight excluding hydrogens is 366 g/mol. The summed E-state index contributed by atoms with van der Waals surface area (Å²) in [5.41, 5.74) is 1.56. The number of carbonyl (C=O) groups is 2. The largest absolute Gasteiger partial charge is 0.312 e. The highest BCUT2D eigenvalue weighted by atomic mass is 35.5. The van der Waals surface area contributed by atoms with Crippen LogP contribution in [0.3, 0.4) is 0 Å². The molecule has 0 saturated carbocycles. The number of carbonyl (C=O) groups excluding carboxylic acids is 2. The molecule has 0 unspecified atom stereocenters. The number of hydrogen-bond acceptors (Lipinski definition) is 4. The van der Waals surface area contributed by atoms with Gasteiger partial charge in [0.2, 0.25) is 17.8 Å². The van der Waals surface area contributed by atoms with Crippen LogP contribution >= 0.6 is 11.6 Å². The quantitative estimate of drug-likeness (QED) is 0.726. The standard InChI is InChI=1S/C19H16ClN5O2/c20-14-7-4-8-15(10-14)25-11-13(9-16(25)26)18(27)22-19-21-17(23-24-19)12-5-2-1-3-6-12/h1-8,10,13H,9,11H2,(H2,21,22,23,24,27)/t13-/m1/s1. The molecule has 1 aromatic heterocycles. The van der Waals surface area contributed by atoms with Crippen LogP contribution < -0.4 is 10.2 Å². The number of halogens is 1. The number of aromatic nitrogens is 3. The molecule has 1 aliphatic rings. The van der Waals surface area contributed by atoms with Gasteiger partial charge in [0.05, 0.1) is 5.92 Å². The molecule has 4 rings (SSSR count). The van der Waals surface area contributed by atoms with Gasteiger partial charge in [-0.05, 0) is 18.2 Å². The second-order valence-electron chi connectivity index (χ2n) is 6.25. The molecule has 2 N–H and O–H groups in total. The third-order valence-electron chi connectivity index (χ3n) is 4.38. The van der Waals surface area contributed by atoms with Gasteiger partial charge in [0.1, 0.15) is 0 Å². The SMILES string of the molecule is O=C(Nc1n[nH]c(-c2ccccc2)n1)[C@@H]1CC(=O)N(c2cccc(Cl)c2)C1. The average molecular weight is 382 g/mol. The van der Waals surface area contributed by atoms with Crippen molar-refractivity contribution in [2.75, 3.05) is 16.8 Å². The molecule has 2 aromatic carbocycles. The summed E-state index contributed by atoms with van der Waals surface area (Å²) in [6, 6.07) is 16.5. The van der Waals surface area contributed by atoms with Crippen LogP contribution in [0.4, 0.5) is 11.6 Å². The van der Waals surface area contributed by atoms with Gasteiger partial charge < -0.3 is 4.90 Å². The van der Waals surface area contributed by atoms with E-state index in [2.05, 4.69) is 20.5 Å². The molecule has 0 aliphatic carbocycles. The van der Waals surface area contributed by atoms with E-state index in [1.807, 2.05) is 30.3 Å². The number of aromatic amines is 1. The van der Waals surface area contributed by atoms with Crippen molar-refractivity contribution < 1.29 is 9.59 Å². The number of nitrogens with zero attached hydrogens (tertiary/aromatic N) is 3. The van der Waals surface area contributed by atoms with E-state index in [9.17, 15) is 9.59 Å². The Morgan fingerprint density at radius 2 is 2.00 bits per heavy atom. The molecule has 3 aromatic rings. The van der Waals surface area contributed by atoms with Gasteiger partial charge in [-0.2, -0.15) is 4.98 Å². The Kier molecular flexibility index (Phi) is 4.60. The molecule has 1 saturated heterocycles. The highest BCUT2D eigenvalue weighted by molar-refractivity contribution is 6.31. The maximum absolute atomic E-state index is 12.5. The number of benzene rings is 2. The van der Waals surface area contributed by atoms with Crippen molar-refractivity contribution in [3.05, 3.63) is 59.6 Å².